The molecule has 2 aromatic rings. The second-order valence-electron chi connectivity index (χ2n) is 5.68. The van der Waals surface area contributed by atoms with Gasteiger partial charge >= 0.3 is 0 Å². The number of morpholine rings is 1. The summed E-state index contributed by atoms with van der Waals surface area (Å²) in [5.41, 5.74) is 0.475. The zero-order chi connectivity index (χ0) is 17.8. The molecule has 1 aromatic carbocycles. The van der Waals surface area contributed by atoms with Crippen molar-refractivity contribution in [1.29, 1.82) is 5.26 Å². The summed E-state index contributed by atoms with van der Waals surface area (Å²) in [5.74, 6) is 1.06. The van der Waals surface area contributed by atoms with Crippen LogP contribution in [0.4, 0.5) is 0 Å². The lowest BCUT2D eigenvalue weighted by molar-refractivity contribution is -0.148. The molecule has 0 radical (unpaired) electrons. The molecule has 0 saturated carbocycles. The van der Waals surface area contributed by atoms with Crippen molar-refractivity contribution in [3.63, 3.8) is 0 Å². The highest BCUT2D eigenvalue weighted by atomic mass is 16.5. The molecular formula is C17H18N4O4. The molecule has 1 fully saturated rings. The number of aromatic nitrogens is 2. The molecule has 25 heavy (non-hydrogen) atoms. The molecule has 0 bridgehead atoms. The van der Waals surface area contributed by atoms with E-state index in [2.05, 4.69) is 10.2 Å². The van der Waals surface area contributed by atoms with E-state index >= 15 is 0 Å². The summed E-state index contributed by atoms with van der Waals surface area (Å²) in [4.78, 5) is 14.5. The van der Waals surface area contributed by atoms with Crippen LogP contribution in [0, 0.1) is 18.3 Å². The van der Waals surface area contributed by atoms with Crippen molar-refractivity contribution in [2.45, 2.75) is 26.0 Å². The van der Waals surface area contributed by atoms with Gasteiger partial charge in [-0.25, -0.2) is 0 Å². The maximum atomic E-state index is 12.8. The molecule has 0 unspecified atom stereocenters. The average molecular weight is 342 g/mol. The van der Waals surface area contributed by atoms with Crippen LogP contribution in [0.1, 0.15) is 30.3 Å². The number of ether oxygens (including phenoxy) is 2. The normalized spacial score (nSPS) is 18.4. The number of carbonyl (C=O) groups is 1. The van der Waals surface area contributed by atoms with Crippen LogP contribution in [0.25, 0.3) is 0 Å². The van der Waals surface area contributed by atoms with E-state index in [0.29, 0.717) is 42.9 Å². The molecule has 0 spiro atoms. The fraction of sp³-hybridized carbons (Fsp3) is 0.412. The second-order valence-corrected chi connectivity index (χ2v) is 5.68. The number of amides is 1. The zero-order valence-corrected chi connectivity index (χ0v) is 14.0. The van der Waals surface area contributed by atoms with E-state index in [1.807, 2.05) is 6.07 Å². The van der Waals surface area contributed by atoms with Crippen LogP contribution in [0.5, 0.6) is 5.75 Å². The fourth-order valence-corrected chi connectivity index (χ4v) is 2.65. The third-order valence-electron chi connectivity index (χ3n) is 3.86. The molecule has 1 aliphatic rings. The smallest absolute Gasteiger partial charge is 0.264 e. The largest absolute Gasteiger partial charge is 0.481 e. The summed E-state index contributed by atoms with van der Waals surface area (Å²) >= 11 is 0. The molecule has 1 aromatic heterocycles. The van der Waals surface area contributed by atoms with E-state index in [9.17, 15) is 4.79 Å². The molecule has 8 nitrogen and oxygen atoms in total. The number of benzene rings is 1. The van der Waals surface area contributed by atoms with Crippen LogP contribution in [0.3, 0.4) is 0 Å². The summed E-state index contributed by atoms with van der Waals surface area (Å²) < 4.78 is 16.6. The maximum absolute atomic E-state index is 12.8. The molecule has 1 saturated heterocycles. The third-order valence-corrected chi connectivity index (χ3v) is 3.86. The number of hydrogen-bond donors (Lipinski definition) is 0. The van der Waals surface area contributed by atoms with Gasteiger partial charge in [-0.3, -0.25) is 4.79 Å². The van der Waals surface area contributed by atoms with Crippen molar-refractivity contribution in [2.24, 2.45) is 0 Å². The highest BCUT2D eigenvalue weighted by Gasteiger charge is 2.35. The number of rotatable bonds is 4. The Hall–Kier alpha value is -2.92. The Morgan fingerprint density at radius 1 is 1.48 bits per heavy atom. The predicted octanol–water partition coefficient (Wildman–Crippen LogP) is 1.62. The minimum absolute atomic E-state index is 0.202. The zero-order valence-electron chi connectivity index (χ0n) is 14.0. The number of nitriles is 1. The van der Waals surface area contributed by atoms with Gasteiger partial charge in [-0.15, -0.1) is 10.2 Å². The Kier molecular flexibility index (Phi) is 4.95. The molecule has 0 N–H and O–H groups in total. The van der Waals surface area contributed by atoms with Crippen molar-refractivity contribution in [2.75, 3.05) is 19.8 Å². The van der Waals surface area contributed by atoms with E-state index in [4.69, 9.17) is 19.2 Å². The van der Waals surface area contributed by atoms with Crippen molar-refractivity contribution < 1.29 is 18.7 Å². The number of nitrogens with zero attached hydrogens (tertiary/aromatic N) is 4. The lowest BCUT2D eigenvalue weighted by Crippen LogP contribution is -2.48. The average Bonchev–Trinajstić information content (AvgIpc) is 3.07. The van der Waals surface area contributed by atoms with E-state index in [0.717, 1.165) is 0 Å². The molecular weight excluding hydrogens is 324 g/mol. The van der Waals surface area contributed by atoms with Crippen LogP contribution in [0.2, 0.25) is 0 Å². The fourth-order valence-electron chi connectivity index (χ4n) is 2.65. The minimum Gasteiger partial charge on any atom is -0.481 e. The van der Waals surface area contributed by atoms with Gasteiger partial charge in [0.05, 0.1) is 24.8 Å². The molecule has 8 heteroatoms. The van der Waals surface area contributed by atoms with Crippen LogP contribution in [0.15, 0.2) is 28.7 Å². The summed E-state index contributed by atoms with van der Waals surface area (Å²) in [6.45, 7) is 4.51. The van der Waals surface area contributed by atoms with Gasteiger partial charge < -0.3 is 18.8 Å². The molecule has 0 aliphatic carbocycles. The quantitative estimate of drug-likeness (QED) is 0.832. The Morgan fingerprint density at radius 2 is 2.32 bits per heavy atom. The van der Waals surface area contributed by atoms with Crippen molar-refractivity contribution >= 4 is 5.91 Å². The summed E-state index contributed by atoms with van der Waals surface area (Å²) in [7, 11) is 0. The molecule has 3 rings (SSSR count). The van der Waals surface area contributed by atoms with E-state index < -0.39 is 12.1 Å². The second kappa shape index (κ2) is 7.32. The van der Waals surface area contributed by atoms with Crippen LogP contribution >= 0.6 is 0 Å². The van der Waals surface area contributed by atoms with Gasteiger partial charge in [-0.05, 0) is 25.1 Å². The number of hydrogen-bond acceptors (Lipinski definition) is 7. The van der Waals surface area contributed by atoms with E-state index in [1.54, 1.807) is 43.0 Å². The predicted molar refractivity (Wildman–Crippen MR) is 85.6 cm³/mol. The van der Waals surface area contributed by atoms with Gasteiger partial charge in [0.15, 0.2) is 6.10 Å². The van der Waals surface area contributed by atoms with Gasteiger partial charge in [-0.2, -0.15) is 5.26 Å². The first-order valence-electron chi connectivity index (χ1n) is 7.93. The molecule has 1 amide bonds. The van der Waals surface area contributed by atoms with Gasteiger partial charge in [-0.1, -0.05) is 6.07 Å². The molecule has 130 valence electrons. The summed E-state index contributed by atoms with van der Waals surface area (Å²) in [6.07, 6.45) is -0.724. The summed E-state index contributed by atoms with van der Waals surface area (Å²) in [5, 5.41) is 16.8. The SMILES string of the molecule is Cc1nnc([C@@H]2COCCN2C(=O)[C@@H](C)Oc2cccc(C#N)c2)o1. The number of aryl methyl sites for hydroxylation is 1. The lowest BCUT2D eigenvalue weighted by atomic mass is 10.2. The van der Waals surface area contributed by atoms with Gasteiger partial charge in [0.1, 0.15) is 11.8 Å². The highest BCUT2D eigenvalue weighted by Crippen LogP contribution is 2.25. The standard InChI is InChI=1S/C17H18N4O4/c1-11(24-14-5-3-4-13(8-14)9-18)17(22)21-6-7-23-10-15(21)16-20-19-12(2)25-16/h3-5,8,11,15H,6-7,10H2,1-2H3/t11-,15+/m1/s1. The van der Waals surface area contributed by atoms with Crippen molar-refractivity contribution in [3.05, 3.63) is 41.6 Å². The minimum atomic E-state index is -0.724. The lowest BCUT2D eigenvalue weighted by Gasteiger charge is -2.35. The van der Waals surface area contributed by atoms with Gasteiger partial charge in [0, 0.05) is 13.5 Å². The maximum Gasteiger partial charge on any atom is 0.264 e. The monoisotopic (exact) mass is 342 g/mol. The van der Waals surface area contributed by atoms with E-state index in [1.165, 1.54) is 0 Å². The van der Waals surface area contributed by atoms with Gasteiger partial charge in [0.25, 0.3) is 5.91 Å². The van der Waals surface area contributed by atoms with Gasteiger partial charge in [0.2, 0.25) is 11.8 Å². The van der Waals surface area contributed by atoms with Crippen LogP contribution < -0.4 is 4.74 Å². The van der Waals surface area contributed by atoms with Crippen LogP contribution in [-0.4, -0.2) is 46.9 Å². The Bertz CT molecular complexity index is 798. The summed E-state index contributed by atoms with van der Waals surface area (Å²) in [6, 6.07) is 8.31. The molecule has 2 atom stereocenters. The molecule has 1 aliphatic heterocycles. The van der Waals surface area contributed by atoms with Crippen molar-refractivity contribution in [1.82, 2.24) is 15.1 Å². The first-order chi connectivity index (χ1) is 12.1. The Morgan fingerprint density at radius 3 is 3.04 bits per heavy atom. The third kappa shape index (κ3) is 3.78. The topological polar surface area (TPSA) is 101 Å². The first kappa shape index (κ1) is 16.9. The van der Waals surface area contributed by atoms with Crippen molar-refractivity contribution in [3.8, 4) is 11.8 Å². The van der Waals surface area contributed by atoms with Crippen LogP contribution in [-0.2, 0) is 9.53 Å². The highest BCUT2D eigenvalue weighted by molar-refractivity contribution is 5.81. The molecule has 2 heterocycles. The Balaban J connectivity index is 1.74. The number of carbonyl (C=O) groups excluding carboxylic acids is 1. The first-order valence-corrected chi connectivity index (χ1v) is 7.93. The van der Waals surface area contributed by atoms with E-state index in [-0.39, 0.29) is 5.91 Å². The Labute approximate surface area is 145 Å².